The molecule has 1 amide bonds. The van der Waals surface area contributed by atoms with Crippen molar-refractivity contribution < 1.29 is 72.4 Å². The highest BCUT2D eigenvalue weighted by Gasteiger charge is 2.54. The average Bonchev–Trinajstić information content (AvgIpc) is 3.14. The van der Waals surface area contributed by atoms with E-state index in [2.05, 4.69) is 11.9 Å². The Kier molecular flexibility index (Phi) is 17.5. The number of nitrogens with one attached hydrogen (secondary N) is 1. The van der Waals surface area contributed by atoms with Gasteiger partial charge in [-0.3, -0.25) is 14.4 Å². The molecule has 3 rings (SSSR count). The first-order chi connectivity index (χ1) is 27.2. The molecule has 17 heteroatoms. The molecule has 3 aliphatic rings. The van der Waals surface area contributed by atoms with E-state index in [0.29, 0.717) is 6.42 Å². The number of amides is 1. The molecule has 0 unspecified atom stereocenters. The number of carbonyl (C=O) groups is 4. The summed E-state index contributed by atoms with van der Waals surface area (Å²) < 4.78 is 49.6. The van der Waals surface area contributed by atoms with Crippen LogP contribution in [0.1, 0.15) is 102 Å². The minimum Gasteiger partial charge on any atom is -0.459 e. The SMILES string of the molecule is C=CC(=O)O[C@H]1[C@H](C)O[C@@H](O[C@H]2[C@H](C)[C@@H](O[C@@H]3O[C@H](C)C[C@H](N(C)C)[C@H]3OC(C)=O)[C@](C)(O)C[C@@H](C)NC(=O)[C@H](C)[C@@H](O)[C@](C)(O)[C@@H](CC)OC(=O)[C@@H]2C)C[C@@]1(C)OC. The first-order valence-electron chi connectivity index (χ1n) is 20.7. The lowest BCUT2D eigenvalue weighted by Gasteiger charge is -2.49. The number of cyclic esters (lactones) is 1. The van der Waals surface area contributed by atoms with Crippen molar-refractivity contribution in [2.24, 2.45) is 17.8 Å². The molecule has 0 radical (unpaired) electrons. The fourth-order valence-electron chi connectivity index (χ4n) is 8.96. The highest BCUT2D eigenvalue weighted by molar-refractivity contribution is 5.81. The number of aliphatic hydroxyl groups is 3. The highest BCUT2D eigenvalue weighted by Crippen LogP contribution is 2.40. The van der Waals surface area contributed by atoms with Crippen LogP contribution in [0.4, 0.5) is 0 Å². The summed E-state index contributed by atoms with van der Waals surface area (Å²) in [5.74, 6) is -5.89. The first kappa shape index (κ1) is 50.6. The van der Waals surface area contributed by atoms with E-state index in [1.807, 2.05) is 25.9 Å². The summed E-state index contributed by atoms with van der Waals surface area (Å²) in [6, 6.07) is -1.06. The van der Waals surface area contributed by atoms with Crippen LogP contribution in [0.15, 0.2) is 12.7 Å². The Morgan fingerprint density at radius 3 is 2.12 bits per heavy atom. The smallest absolute Gasteiger partial charge is 0.330 e. The zero-order valence-corrected chi connectivity index (χ0v) is 37.5. The Bertz CT molecular complexity index is 1460. The molecule has 0 saturated carbocycles. The number of likely N-dealkylation sites (N-methyl/N-ethyl adjacent to an activating group) is 1. The van der Waals surface area contributed by atoms with E-state index in [1.165, 1.54) is 34.8 Å². The third kappa shape index (κ3) is 12.0. The number of hydrogen-bond donors (Lipinski definition) is 4. The van der Waals surface area contributed by atoms with Gasteiger partial charge in [0, 0.05) is 38.5 Å². The van der Waals surface area contributed by atoms with Gasteiger partial charge in [0.05, 0.1) is 54.0 Å². The molecular formula is C42H72N2O15. The fraction of sp³-hybridized carbons (Fsp3) is 0.857. The molecule has 3 aliphatic heterocycles. The molecule has 18 atom stereocenters. The van der Waals surface area contributed by atoms with Crippen molar-refractivity contribution in [2.75, 3.05) is 21.2 Å². The Balaban J connectivity index is 2.24. The summed E-state index contributed by atoms with van der Waals surface area (Å²) in [6.45, 7) is 21.0. The molecule has 0 aliphatic carbocycles. The second-order valence-electron chi connectivity index (χ2n) is 17.8. The van der Waals surface area contributed by atoms with E-state index in [4.69, 9.17) is 37.9 Å². The maximum absolute atomic E-state index is 14.4. The van der Waals surface area contributed by atoms with Crippen molar-refractivity contribution >= 4 is 23.8 Å². The van der Waals surface area contributed by atoms with Gasteiger partial charge in [0.25, 0.3) is 0 Å². The number of aliphatic hydroxyl groups excluding tert-OH is 1. The highest BCUT2D eigenvalue weighted by atomic mass is 16.7. The quantitative estimate of drug-likeness (QED) is 0.141. The number of methoxy groups -OCH3 is 1. The molecule has 59 heavy (non-hydrogen) atoms. The van der Waals surface area contributed by atoms with Crippen molar-refractivity contribution in [3.8, 4) is 0 Å². The first-order valence-corrected chi connectivity index (χ1v) is 20.7. The third-order valence-electron chi connectivity index (χ3n) is 12.3. The molecule has 3 fully saturated rings. The van der Waals surface area contributed by atoms with Crippen molar-refractivity contribution in [3.05, 3.63) is 12.7 Å². The molecule has 3 saturated heterocycles. The lowest BCUT2D eigenvalue weighted by molar-refractivity contribution is -0.319. The number of rotatable bonds is 10. The second kappa shape index (κ2) is 20.4. The number of hydrogen-bond acceptors (Lipinski definition) is 16. The summed E-state index contributed by atoms with van der Waals surface area (Å²) in [5, 5.41) is 38.5. The van der Waals surface area contributed by atoms with Gasteiger partial charge in [0.15, 0.2) is 24.8 Å². The Hall–Kier alpha value is -2.74. The van der Waals surface area contributed by atoms with Gasteiger partial charge in [-0.1, -0.05) is 27.4 Å². The zero-order valence-electron chi connectivity index (χ0n) is 37.5. The monoisotopic (exact) mass is 844 g/mol. The van der Waals surface area contributed by atoms with E-state index < -0.39 is 120 Å². The van der Waals surface area contributed by atoms with E-state index in [-0.39, 0.29) is 31.4 Å². The lowest BCUT2D eigenvalue weighted by atomic mass is 9.78. The summed E-state index contributed by atoms with van der Waals surface area (Å²) in [6.07, 6.45) is -9.03. The molecule has 0 bridgehead atoms. The molecule has 0 spiro atoms. The van der Waals surface area contributed by atoms with Crippen LogP contribution in [-0.4, -0.2) is 156 Å². The maximum atomic E-state index is 14.4. The minimum absolute atomic E-state index is 0.0254. The van der Waals surface area contributed by atoms with E-state index in [0.717, 1.165) is 6.08 Å². The normalized spacial score (nSPS) is 44.3. The van der Waals surface area contributed by atoms with Gasteiger partial charge in [-0.2, -0.15) is 0 Å². The third-order valence-corrected chi connectivity index (χ3v) is 12.3. The van der Waals surface area contributed by atoms with Crippen LogP contribution in [0.5, 0.6) is 0 Å². The van der Waals surface area contributed by atoms with Crippen molar-refractivity contribution in [3.63, 3.8) is 0 Å². The van der Waals surface area contributed by atoms with Gasteiger partial charge >= 0.3 is 17.9 Å². The predicted molar refractivity (Wildman–Crippen MR) is 213 cm³/mol. The largest absolute Gasteiger partial charge is 0.459 e. The standard InChI is InChI=1S/C42H72N2O15/c1-16-29-42(12,51)34(47)25(7)37(48)43-21(3)19-40(10,50)35(59-39-33(55-27(9)45)28(44(13)14)18-22(4)53-39)23(5)32(24(6)38(49)56-29)58-31-20-41(11,52-15)36(26(8)54-31)57-30(46)17-2/h17,21-26,28-29,31-36,39,47,50-51H,2,16,18-20H2,1,3-15H3,(H,43,48)/t21-,22-,23+,24-,25-,26+,28+,29-,31+,32+,33-,34-,35-,36+,39+,40-,41-,42-/m1/s1. The minimum atomic E-state index is -2.06. The van der Waals surface area contributed by atoms with E-state index in [1.54, 1.807) is 41.5 Å². The lowest BCUT2D eigenvalue weighted by Crippen LogP contribution is -2.61. The van der Waals surface area contributed by atoms with Crippen LogP contribution in [0, 0.1) is 17.8 Å². The summed E-state index contributed by atoms with van der Waals surface area (Å²) >= 11 is 0. The summed E-state index contributed by atoms with van der Waals surface area (Å²) in [4.78, 5) is 54.7. The number of ether oxygens (including phenoxy) is 8. The molecular weight excluding hydrogens is 772 g/mol. The summed E-state index contributed by atoms with van der Waals surface area (Å²) in [7, 11) is 5.16. The van der Waals surface area contributed by atoms with Gasteiger partial charge in [-0.15, -0.1) is 0 Å². The van der Waals surface area contributed by atoms with Crippen LogP contribution in [-0.2, 0) is 57.1 Å². The Morgan fingerprint density at radius 1 is 0.949 bits per heavy atom. The van der Waals surface area contributed by atoms with Crippen LogP contribution < -0.4 is 5.32 Å². The molecule has 4 N–H and O–H groups in total. The van der Waals surface area contributed by atoms with Gasteiger partial charge in [0.2, 0.25) is 5.91 Å². The zero-order chi connectivity index (χ0) is 44.9. The Morgan fingerprint density at radius 2 is 1.58 bits per heavy atom. The van der Waals surface area contributed by atoms with Crippen LogP contribution in [0.3, 0.4) is 0 Å². The van der Waals surface area contributed by atoms with Gasteiger partial charge in [0.1, 0.15) is 17.3 Å². The van der Waals surface area contributed by atoms with Crippen LogP contribution in [0.2, 0.25) is 0 Å². The molecule has 3 heterocycles. The molecule has 0 aromatic rings. The summed E-state index contributed by atoms with van der Waals surface area (Å²) in [5.41, 5.74) is -5.01. The number of carbonyl (C=O) groups excluding carboxylic acids is 4. The van der Waals surface area contributed by atoms with Gasteiger partial charge in [-0.05, 0) is 81.8 Å². The fourth-order valence-corrected chi connectivity index (χ4v) is 8.96. The Labute approximate surface area is 349 Å². The van der Waals surface area contributed by atoms with Crippen molar-refractivity contribution in [1.82, 2.24) is 10.2 Å². The second-order valence-corrected chi connectivity index (χ2v) is 17.8. The molecule has 0 aromatic carbocycles. The molecule has 340 valence electrons. The van der Waals surface area contributed by atoms with E-state index >= 15 is 0 Å². The van der Waals surface area contributed by atoms with E-state index in [9.17, 15) is 34.5 Å². The van der Waals surface area contributed by atoms with Crippen molar-refractivity contribution in [1.29, 1.82) is 0 Å². The number of nitrogens with zero attached hydrogens (tertiary/aromatic N) is 1. The predicted octanol–water partition coefficient (Wildman–Crippen LogP) is 2.39. The topological polar surface area (TPSA) is 218 Å². The average molecular weight is 845 g/mol. The maximum Gasteiger partial charge on any atom is 0.330 e. The molecule has 0 aromatic heterocycles. The van der Waals surface area contributed by atoms with Crippen LogP contribution in [0.25, 0.3) is 0 Å². The van der Waals surface area contributed by atoms with Gasteiger partial charge < -0.3 is 63.4 Å². The van der Waals surface area contributed by atoms with Gasteiger partial charge in [-0.25, -0.2) is 4.79 Å². The number of esters is 3. The van der Waals surface area contributed by atoms with Crippen LogP contribution >= 0.6 is 0 Å². The molecule has 17 nitrogen and oxygen atoms in total. The van der Waals surface area contributed by atoms with Crippen molar-refractivity contribution in [2.45, 2.75) is 192 Å².